The van der Waals surface area contributed by atoms with Crippen molar-refractivity contribution >= 4 is 22.8 Å². The average molecular weight is 508 g/mol. The van der Waals surface area contributed by atoms with Crippen LogP contribution in [-0.4, -0.2) is 72.8 Å². The number of amides is 2. The van der Waals surface area contributed by atoms with Gasteiger partial charge in [0, 0.05) is 58.3 Å². The number of piperidine rings is 1. The number of carbonyl (C=O) groups is 2. The fraction of sp³-hybridized carbons (Fsp3) is 0.464. The fourth-order valence-corrected chi connectivity index (χ4v) is 5.00. The Morgan fingerprint density at radius 3 is 2.76 bits per heavy atom. The minimum absolute atomic E-state index is 0.00536. The van der Waals surface area contributed by atoms with E-state index in [0.29, 0.717) is 31.0 Å². The molecule has 9 heteroatoms. The number of nitrogens with zero attached hydrogens (tertiary/aromatic N) is 3. The molecule has 1 aliphatic heterocycles. The zero-order valence-corrected chi connectivity index (χ0v) is 21.7. The minimum Gasteiger partial charge on any atom is -0.496 e. The van der Waals surface area contributed by atoms with Crippen LogP contribution in [0, 0.1) is 0 Å². The Labute approximate surface area is 217 Å². The van der Waals surface area contributed by atoms with Crippen molar-refractivity contribution in [3.05, 3.63) is 59.9 Å². The SMILES string of the molecule is COCCCn1c([C@@H]2CCCN(C(=O)C[C@@H](N)CNC(=O)c3ccccc3OC)C2)nc2ccccc21. The molecule has 0 unspecified atom stereocenters. The molecular formula is C28H37N5O4. The molecule has 4 rings (SSSR count). The van der Waals surface area contributed by atoms with E-state index in [1.54, 1.807) is 31.4 Å². The van der Waals surface area contributed by atoms with Gasteiger partial charge in [0.15, 0.2) is 0 Å². The maximum absolute atomic E-state index is 13.1. The van der Waals surface area contributed by atoms with E-state index in [-0.39, 0.29) is 30.7 Å². The van der Waals surface area contributed by atoms with Crippen LogP contribution in [-0.2, 0) is 16.1 Å². The highest BCUT2D eigenvalue weighted by molar-refractivity contribution is 5.97. The largest absolute Gasteiger partial charge is 0.496 e. The number of nitrogens with two attached hydrogens (primary N) is 1. The molecule has 1 aromatic heterocycles. The Balaban J connectivity index is 1.36. The molecule has 1 aliphatic rings. The van der Waals surface area contributed by atoms with Gasteiger partial charge in [-0.15, -0.1) is 0 Å². The van der Waals surface area contributed by atoms with Crippen LogP contribution in [0.4, 0.5) is 0 Å². The first kappa shape index (κ1) is 26.6. The van der Waals surface area contributed by atoms with Crippen molar-refractivity contribution in [1.29, 1.82) is 0 Å². The molecule has 2 heterocycles. The van der Waals surface area contributed by atoms with Crippen molar-refractivity contribution in [2.24, 2.45) is 5.73 Å². The van der Waals surface area contributed by atoms with Gasteiger partial charge < -0.3 is 30.0 Å². The van der Waals surface area contributed by atoms with Gasteiger partial charge in [-0.05, 0) is 43.5 Å². The summed E-state index contributed by atoms with van der Waals surface area (Å²) in [4.78, 5) is 32.6. The predicted molar refractivity (Wildman–Crippen MR) is 143 cm³/mol. The lowest BCUT2D eigenvalue weighted by atomic mass is 9.96. The number of rotatable bonds is 11. The molecule has 3 aromatic rings. The molecule has 9 nitrogen and oxygen atoms in total. The Bertz CT molecular complexity index is 1210. The lowest BCUT2D eigenvalue weighted by Crippen LogP contribution is -2.45. The monoisotopic (exact) mass is 507 g/mol. The lowest BCUT2D eigenvalue weighted by Gasteiger charge is -2.33. The first-order chi connectivity index (χ1) is 18.0. The number of hydrogen-bond acceptors (Lipinski definition) is 6. The maximum Gasteiger partial charge on any atom is 0.255 e. The van der Waals surface area contributed by atoms with E-state index in [1.807, 2.05) is 23.1 Å². The number of para-hydroxylation sites is 3. The van der Waals surface area contributed by atoms with E-state index >= 15 is 0 Å². The second-order valence-electron chi connectivity index (χ2n) is 9.51. The molecule has 0 radical (unpaired) electrons. The van der Waals surface area contributed by atoms with Crippen molar-refractivity contribution in [2.75, 3.05) is 40.5 Å². The van der Waals surface area contributed by atoms with E-state index in [0.717, 1.165) is 42.7 Å². The summed E-state index contributed by atoms with van der Waals surface area (Å²) in [5, 5.41) is 2.82. The second kappa shape index (κ2) is 12.7. The van der Waals surface area contributed by atoms with Crippen LogP contribution in [0.15, 0.2) is 48.5 Å². The number of likely N-dealkylation sites (tertiary alicyclic amines) is 1. The van der Waals surface area contributed by atoms with Crippen molar-refractivity contribution in [2.45, 2.75) is 44.2 Å². The predicted octanol–water partition coefficient (Wildman–Crippen LogP) is 2.93. The normalized spacial score (nSPS) is 16.5. The highest BCUT2D eigenvalue weighted by Crippen LogP contribution is 2.30. The summed E-state index contributed by atoms with van der Waals surface area (Å²) in [7, 11) is 3.24. The molecule has 0 saturated carbocycles. The number of hydrogen-bond donors (Lipinski definition) is 2. The molecule has 0 aliphatic carbocycles. The number of benzene rings is 2. The Kier molecular flexibility index (Phi) is 9.14. The van der Waals surface area contributed by atoms with Gasteiger partial charge in [-0.25, -0.2) is 4.98 Å². The van der Waals surface area contributed by atoms with Crippen LogP contribution >= 0.6 is 0 Å². The quantitative estimate of drug-likeness (QED) is 0.386. The summed E-state index contributed by atoms with van der Waals surface area (Å²) in [5.41, 5.74) is 8.78. The molecule has 0 bridgehead atoms. The van der Waals surface area contributed by atoms with E-state index in [2.05, 4.69) is 16.0 Å². The van der Waals surface area contributed by atoms with Crippen LogP contribution in [0.1, 0.15) is 47.8 Å². The van der Waals surface area contributed by atoms with Crippen molar-refractivity contribution in [1.82, 2.24) is 19.8 Å². The third kappa shape index (κ3) is 6.47. The van der Waals surface area contributed by atoms with Crippen LogP contribution in [0.25, 0.3) is 11.0 Å². The first-order valence-corrected chi connectivity index (χ1v) is 12.9. The molecule has 37 heavy (non-hydrogen) atoms. The lowest BCUT2D eigenvalue weighted by molar-refractivity contribution is -0.132. The molecule has 2 amide bonds. The number of aromatic nitrogens is 2. The summed E-state index contributed by atoms with van der Waals surface area (Å²) in [6.45, 7) is 3.04. The average Bonchev–Trinajstić information content (AvgIpc) is 3.30. The molecule has 2 aromatic carbocycles. The standard InChI is InChI=1S/C28H37N5O4/c1-36-16-8-15-33-24-12-5-4-11-23(24)31-27(33)20-9-7-14-32(19-20)26(34)17-21(29)18-30-28(35)22-10-3-6-13-25(22)37-2/h3-6,10-13,20-21H,7-9,14-19,29H2,1-2H3,(H,30,35)/t20-,21-/m1/s1. The van der Waals surface area contributed by atoms with Gasteiger partial charge >= 0.3 is 0 Å². The number of aryl methyl sites for hydroxylation is 1. The summed E-state index contributed by atoms with van der Waals surface area (Å²) >= 11 is 0. The molecule has 1 fully saturated rings. The zero-order valence-electron chi connectivity index (χ0n) is 21.7. The van der Waals surface area contributed by atoms with Crippen molar-refractivity contribution in [3.63, 3.8) is 0 Å². The van der Waals surface area contributed by atoms with E-state index in [9.17, 15) is 9.59 Å². The summed E-state index contributed by atoms with van der Waals surface area (Å²) < 4.78 is 12.8. The van der Waals surface area contributed by atoms with Crippen LogP contribution in [0.2, 0.25) is 0 Å². The Morgan fingerprint density at radius 2 is 1.95 bits per heavy atom. The third-order valence-electron chi connectivity index (χ3n) is 6.87. The molecule has 2 atom stereocenters. The fourth-order valence-electron chi connectivity index (χ4n) is 5.00. The topological polar surface area (TPSA) is 112 Å². The second-order valence-corrected chi connectivity index (χ2v) is 9.51. The van der Waals surface area contributed by atoms with Gasteiger partial charge in [0.2, 0.25) is 5.91 Å². The van der Waals surface area contributed by atoms with Gasteiger partial charge in [-0.1, -0.05) is 24.3 Å². The molecule has 1 saturated heterocycles. The minimum atomic E-state index is -0.481. The van der Waals surface area contributed by atoms with Gasteiger partial charge in [0.25, 0.3) is 5.91 Å². The summed E-state index contributed by atoms with van der Waals surface area (Å²) in [5.74, 6) is 1.42. The van der Waals surface area contributed by atoms with Gasteiger partial charge in [0.1, 0.15) is 11.6 Å². The number of carbonyl (C=O) groups excluding carboxylic acids is 2. The van der Waals surface area contributed by atoms with Gasteiger partial charge in [-0.2, -0.15) is 0 Å². The maximum atomic E-state index is 13.1. The molecule has 198 valence electrons. The Hall–Kier alpha value is -3.43. The number of methoxy groups -OCH3 is 2. The molecule has 0 spiro atoms. The molecule has 3 N–H and O–H groups in total. The first-order valence-electron chi connectivity index (χ1n) is 12.9. The third-order valence-corrected chi connectivity index (χ3v) is 6.87. The van der Waals surface area contributed by atoms with E-state index in [4.69, 9.17) is 20.2 Å². The van der Waals surface area contributed by atoms with E-state index in [1.165, 1.54) is 7.11 Å². The number of fused-ring (bicyclic) bond motifs is 1. The van der Waals surface area contributed by atoms with E-state index < -0.39 is 6.04 Å². The van der Waals surface area contributed by atoms with Crippen molar-refractivity contribution < 1.29 is 19.1 Å². The smallest absolute Gasteiger partial charge is 0.255 e. The number of ether oxygens (including phenoxy) is 2. The highest BCUT2D eigenvalue weighted by atomic mass is 16.5. The molecular weight excluding hydrogens is 470 g/mol. The Morgan fingerprint density at radius 1 is 1.16 bits per heavy atom. The van der Waals surface area contributed by atoms with Crippen LogP contribution in [0.3, 0.4) is 0 Å². The van der Waals surface area contributed by atoms with Crippen LogP contribution < -0.4 is 15.8 Å². The number of imidazole rings is 1. The van der Waals surface area contributed by atoms with Gasteiger partial charge in [-0.3, -0.25) is 9.59 Å². The van der Waals surface area contributed by atoms with Crippen molar-refractivity contribution in [3.8, 4) is 5.75 Å². The van der Waals surface area contributed by atoms with Crippen LogP contribution in [0.5, 0.6) is 5.75 Å². The highest BCUT2D eigenvalue weighted by Gasteiger charge is 2.29. The van der Waals surface area contributed by atoms with Gasteiger partial charge in [0.05, 0.1) is 23.7 Å². The zero-order chi connectivity index (χ0) is 26.2. The summed E-state index contributed by atoms with van der Waals surface area (Å²) in [6, 6.07) is 14.7. The summed E-state index contributed by atoms with van der Waals surface area (Å²) in [6.07, 6.45) is 2.97. The number of nitrogens with one attached hydrogen (secondary N) is 1.